The molecule has 2 aromatic carbocycles. The molecule has 2 aromatic rings. The monoisotopic (exact) mass is 452 g/mol. The number of ether oxygens (including phenoxy) is 2. The van der Waals surface area contributed by atoms with Crippen molar-refractivity contribution in [1.29, 1.82) is 0 Å². The maximum atomic E-state index is 13.2. The number of fused-ring (bicyclic) bond motifs is 1. The van der Waals surface area contributed by atoms with E-state index in [1.807, 2.05) is 42.2 Å². The van der Waals surface area contributed by atoms with E-state index >= 15 is 0 Å². The van der Waals surface area contributed by atoms with Gasteiger partial charge in [0.1, 0.15) is 5.75 Å². The Hall–Kier alpha value is -2.86. The summed E-state index contributed by atoms with van der Waals surface area (Å²) in [5.74, 6) is 0.953. The molecule has 2 amide bonds. The summed E-state index contributed by atoms with van der Waals surface area (Å²) in [7, 11) is 1.60. The highest BCUT2D eigenvalue weighted by atomic mass is 16.5. The molecule has 0 saturated carbocycles. The van der Waals surface area contributed by atoms with Crippen LogP contribution in [0.5, 0.6) is 5.75 Å². The molecular formula is C27H36N2O4. The molecule has 2 atom stereocenters. The fourth-order valence-corrected chi connectivity index (χ4v) is 4.27. The van der Waals surface area contributed by atoms with Crippen molar-refractivity contribution in [2.45, 2.75) is 52.2 Å². The molecule has 1 heterocycles. The van der Waals surface area contributed by atoms with Crippen LogP contribution in [-0.2, 0) is 20.7 Å². The largest absolute Gasteiger partial charge is 0.481 e. The van der Waals surface area contributed by atoms with Crippen LogP contribution in [0.3, 0.4) is 0 Å². The predicted octanol–water partition coefficient (Wildman–Crippen LogP) is 4.13. The zero-order valence-corrected chi connectivity index (χ0v) is 20.2. The van der Waals surface area contributed by atoms with Crippen molar-refractivity contribution in [3.05, 3.63) is 65.2 Å². The van der Waals surface area contributed by atoms with Crippen LogP contribution in [0.1, 0.15) is 56.3 Å². The topological polar surface area (TPSA) is 67.9 Å². The van der Waals surface area contributed by atoms with Gasteiger partial charge in [-0.15, -0.1) is 0 Å². The summed E-state index contributed by atoms with van der Waals surface area (Å²) < 4.78 is 11.1. The molecule has 3 rings (SSSR count). The van der Waals surface area contributed by atoms with E-state index in [2.05, 4.69) is 37.4 Å². The van der Waals surface area contributed by atoms with Crippen LogP contribution in [0.4, 0.5) is 0 Å². The van der Waals surface area contributed by atoms with E-state index in [1.165, 1.54) is 5.56 Å². The Bertz CT molecular complexity index is 929. The zero-order chi connectivity index (χ0) is 23.8. The number of nitrogens with one attached hydrogen (secondary N) is 1. The number of carbonyl (C=O) groups excluding carboxylic acids is 2. The molecule has 178 valence electrons. The molecule has 0 spiro atoms. The van der Waals surface area contributed by atoms with Gasteiger partial charge in [-0.3, -0.25) is 9.59 Å². The second-order valence-electron chi connectivity index (χ2n) is 8.91. The van der Waals surface area contributed by atoms with Crippen molar-refractivity contribution < 1.29 is 19.1 Å². The summed E-state index contributed by atoms with van der Waals surface area (Å²) in [5.41, 5.74) is 3.36. The highest BCUT2D eigenvalue weighted by Gasteiger charge is 2.32. The van der Waals surface area contributed by atoms with Crippen molar-refractivity contribution in [3.63, 3.8) is 0 Å². The van der Waals surface area contributed by atoms with Gasteiger partial charge in [0.2, 0.25) is 5.91 Å². The molecule has 6 heteroatoms. The number of hydrogen-bond acceptors (Lipinski definition) is 4. The van der Waals surface area contributed by atoms with E-state index in [1.54, 1.807) is 7.11 Å². The van der Waals surface area contributed by atoms with Crippen LogP contribution in [-0.4, -0.2) is 49.6 Å². The normalized spacial score (nSPS) is 16.3. The molecule has 1 aliphatic heterocycles. The lowest BCUT2D eigenvalue weighted by atomic mass is 9.87. The molecule has 1 N–H and O–H groups in total. The molecule has 33 heavy (non-hydrogen) atoms. The lowest BCUT2D eigenvalue weighted by molar-refractivity contribution is -0.134. The van der Waals surface area contributed by atoms with Gasteiger partial charge in [-0.2, -0.15) is 0 Å². The SMILES string of the molecule is CC[C@H](Oc1ccc2c(c1)[C@@H](c1ccccc1)N(C(=O)CC(C)C)CC2)C(=O)NCCOC. The van der Waals surface area contributed by atoms with Gasteiger partial charge < -0.3 is 19.7 Å². The Morgan fingerprint density at radius 3 is 2.58 bits per heavy atom. The maximum absolute atomic E-state index is 13.2. The first kappa shape index (κ1) is 24.8. The van der Waals surface area contributed by atoms with Crippen molar-refractivity contribution in [2.24, 2.45) is 5.92 Å². The van der Waals surface area contributed by atoms with Crippen LogP contribution in [0, 0.1) is 5.92 Å². The van der Waals surface area contributed by atoms with E-state index in [9.17, 15) is 9.59 Å². The van der Waals surface area contributed by atoms with Gasteiger partial charge in [0.05, 0.1) is 12.6 Å². The third-order valence-corrected chi connectivity index (χ3v) is 5.91. The lowest BCUT2D eigenvalue weighted by Crippen LogP contribution is -2.41. The minimum absolute atomic E-state index is 0.152. The molecule has 0 unspecified atom stereocenters. The van der Waals surface area contributed by atoms with Crippen LogP contribution in [0.2, 0.25) is 0 Å². The molecule has 6 nitrogen and oxygen atoms in total. The Morgan fingerprint density at radius 2 is 1.91 bits per heavy atom. The van der Waals surface area contributed by atoms with Crippen LogP contribution in [0.25, 0.3) is 0 Å². The quantitative estimate of drug-likeness (QED) is 0.551. The number of hydrogen-bond donors (Lipinski definition) is 1. The summed E-state index contributed by atoms with van der Waals surface area (Å²) in [4.78, 5) is 27.7. The number of benzene rings is 2. The fraction of sp³-hybridized carbons (Fsp3) is 0.481. The Labute approximate surface area is 197 Å². The number of rotatable bonds is 10. The molecule has 0 fully saturated rings. The summed E-state index contributed by atoms with van der Waals surface area (Å²) >= 11 is 0. The minimum atomic E-state index is -0.586. The van der Waals surface area contributed by atoms with Crippen LogP contribution >= 0.6 is 0 Å². The molecular weight excluding hydrogens is 416 g/mol. The molecule has 0 aliphatic carbocycles. The Kier molecular flexibility index (Phi) is 8.89. The Morgan fingerprint density at radius 1 is 1.15 bits per heavy atom. The average Bonchev–Trinajstić information content (AvgIpc) is 2.81. The van der Waals surface area contributed by atoms with Gasteiger partial charge in [-0.05, 0) is 47.6 Å². The van der Waals surface area contributed by atoms with Crippen LogP contribution in [0.15, 0.2) is 48.5 Å². The van der Waals surface area contributed by atoms with Gasteiger partial charge in [-0.1, -0.05) is 57.2 Å². The fourth-order valence-electron chi connectivity index (χ4n) is 4.27. The first-order chi connectivity index (χ1) is 15.9. The van der Waals surface area contributed by atoms with Crippen molar-refractivity contribution in [1.82, 2.24) is 10.2 Å². The van der Waals surface area contributed by atoms with E-state index in [-0.39, 0.29) is 17.9 Å². The van der Waals surface area contributed by atoms with Gasteiger partial charge in [0, 0.05) is 26.6 Å². The second-order valence-corrected chi connectivity index (χ2v) is 8.91. The van der Waals surface area contributed by atoms with Crippen molar-refractivity contribution >= 4 is 11.8 Å². The molecule has 0 saturated heterocycles. The maximum Gasteiger partial charge on any atom is 0.261 e. The highest BCUT2D eigenvalue weighted by Crippen LogP contribution is 2.38. The predicted molar refractivity (Wildman–Crippen MR) is 129 cm³/mol. The number of nitrogens with zero attached hydrogens (tertiary/aromatic N) is 1. The first-order valence-corrected chi connectivity index (χ1v) is 11.8. The van der Waals surface area contributed by atoms with Crippen LogP contribution < -0.4 is 10.1 Å². The smallest absolute Gasteiger partial charge is 0.261 e. The molecule has 0 aromatic heterocycles. The minimum Gasteiger partial charge on any atom is -0.481 e. The standard InChI is InChI=1S/C27H36N2O4/c1-5-24(27(31)28-14-16-32-4)33-22-12-11-20-13-15-29(25(30)17-19(2)3)26(23(20)18-22)21-9-7-6-8-10-21/h6-12,18-19,24,26H,5,13-17H2,1-4H3,(H,28,31)/t24-,26+/m0/s1. The second kappa shape index (κ2) is 11.8. The average molecular weight is 453 g/mol. The summed E-state index contributed by atoms with van der Waals surface area (Å²) in [6.45, 7) is 7.67. The lowest BCUT2D eigenvalue weighted by Gasteiger charge is -2.38. The summed E-state index contributed by atoms with van der Waals surface area (Å²) in [5, 5.41) is 2.85. The third kappa shape index (κ3) is 6.35. The van der Waals surface area contributed by atoms with Crippen molar-refractivity contribution in [2.75, 3.05) is 26.8 Å². The Balaban J connectivity index is 1.90. The first-order valence-electron chi connectivity index (χ1n) is 11.8. The number of carbonyl (C=O) groups is 2. The van der Waals surface area contributed by atoms with E-state index < -0.39 is 6.10 Å². The van der Waals surface area contributed by atoms with E-state index in [0.29, 0.717) is 44.2 Å². The van der Waals surface area contributed by atoms with E-state index in [4.69, 9.17) is 9.47 Å². The van der Waals surface area contributed by atoms with Gasteiger partial charge >= 0.3 is 0 Å². The summed E-state index contributed by atoms with van der Waals surface area (Å²) in [6, 6.07) is 16.0. The summed E-state index contributed by atoms with van der Waals surface area (Å²) in [6.07, 6.45) is 1.29. The van der Waals surface area contributed by atoms with Gasteiger partial charge in [0.15, 0.2) is 6.10 Å². The van der Waals surface area contributed by atoms with E-state index in [0.717, 1.165) is 17.5 Å². The molecule has 0 bridgehead atoms. The number of amides is 2. The molecule has 1 aliphatic rings. The highest BCUT2D eigenvalue weighted by molar-refractivity contribution is 5.81. The van der Waals surface area contributed by atoms with Crippen molar-refractivity contribution in [3.8, 4) is 5.75 Å². The van der Waals surface area contributed by atoms with Gasteiger partial charge in [-0.25, -0.2) is 0 Å². The number of methoxy groups -OCH3 is 1. The zero-order valence-electron chi connectivity index (χ0n) is 20.2. The third-order valence-electron chi connectivity index (χ3n) is 5.91. The molecule has 0 radical (unpaired) electrons. The van der Waals surface area contributed by atoms with Gasteiger partial charge in [0.25, 0.3) is 5.91 Å².